The Morgan fingerprint density at radius 2 is 1.88 bits per heavy atom. The van der Waals surface area contributed by atoms with Crippen molar-refractivity contribution in [3.8, 4) is 0 Å². The number of hydrogen-bond donors (Lipinski definition) is 1. The van der Waals surface area contributed by atoms with Gasteiger partial charge < -0.3 is 10.5 Å². The maximum Gasteiger partial charge on any atom is 0.307 e. The second-order valence-corrected chi connectivity index (χ2v) is 3.60. The van der Waals surface area contributed by atoms with Crippen LogP contribution >= 0.6 is 0 Å². The largest absolute Gasteiger partial charge is 0.469 e. The first kappa shape index (κ1) is 13.5. The van der Waals surface area contributed by atoms with Crippen molar-refractivity contribution in [2.24, 2.45) is 5.73 Å². The number of ether oxygens (including phenoxy) is 1. The molecule has 6 heteroatoms. The van der Waals surface area contributed by atoms with Crippen molar-refractivity contribution in [2.45, 2.75) is 18.9 Å². The highest BCUT2D eigenvalue weighted by atomic mass is 19.2. The molecule has 1 aromatic carbocycles. The first-order valence-electron chi connectivity index (χ1n) is 4.90. The van der Waals surface area contributed by atoms with Crippen molar-refractivity contribution < 1.29 is 22.7 Å². The molecular weight excluding hydrogens is 235 g/mol. The Morgan fingerprint density at radius 3 is 2.47 bits per heavy atom. The third-order valence-electron chi connectivity index (χ3n) is 2.23. The Bertz CT molecular complexity index is 423. The van der Waals surface area contributed by atoms with Crippen LogP contribution in [0.3, 0.4) is 0 Å². The van der Waals surface area contributed by atoms with E-state index in [-0.39, 0.29) is 18.4 Å². The Morgan fingerprint density at radius 1 is 1.29 bits per heavy atom. The summed E-state index contributed by atoms with van der Waals surface area (Å²) >= 11 is 0. The van der Waals surface area contributed by atoms with Gasteiger partial charge in [0, 0.05) is 12.1 Å². The summed E-state index contributed by atoms with van der Waals surface area (Å²) in [4.78, 5) is 10.9. The molecule has 0 heterocycles. The molecule has 0 spiro atoms. The van der Waals surface area contributed by atoms with Crippen molar-refractivity contribution in [2.75, 3.05) is 7.11 Å². The molecule has 0 aliphatic carbocycles. The van der Waals surface area contributed by atoms with Crippen molar-refractivity contribution in [1.82, 2.24) is 0 Å². The molecule has 17 heavy (non-hydrogen) atoms. The first-order valence-corrected chi connectivity index (χ1v) is 4.90. The third-order valence-corrected chi connectivity index (χ3v) is 2.23. The lowest BCUT2D eigenvalue weighted by Gasteiger charge is -2.11. The lowest BCUT2D eigenvalue weighted by atomic mass is 10.0. The zero-order chi connectivity index (χ0) is 13.0. The van der Waals surface area contributed by atoms with Crippen LogP contribution in [-0.2, 0) is 16.0 Å². The van der Waals surface area contributed by atoms with Gasteiger partial charge in [-0.1, -0.05) is 0 Å². The second kappa shape index (κ2) is 5.67. The number of carbonyl (C=O) groups is 1. The number of halogens is 3. The minimum Gasteiger partial charge on any atom is -0.469 e. The molecule has 1 unspecified atom stereocenters. The van der Waals surface area contributed by atoms with Crippen molar-refractivity contribution in [3.63, 3.8) is 0 Å². The van der Waals surface area contributed by atoms with Crippen LogP contribution in [0.25, 0.3) is 0 Å². The van der Waals surface area contributed by atoms with Crippen molar-refractivity contribution >= 4 is 5.97 Å². The van der Waals surface area contributed by atoms with Gasteiger partial charge in [-0.15, -0.1) is 0 Å². The number of benzene rings is 1. The molecule has 0 bridgehead atoms. The fourth-order valence-electron chi connectivity index (χ4n) is 1.37. The minimum atomic E-state index is -1.26. The van der Waals surface area contributed by atoms with E-state index < -0.39 is 29.5 Å². The fourth-order valence-corrected chi connectivity index (χ4v) is 1.37. The van der Waals surface area contributed by atoms with Gasteiger partial charge in [-0.25, -0.2) is 13.2 Å². The molecule has 94 valence electrons. The molecule has 0 saturated carbocycles. The van der Waals surface area contributed by atoms with Crippen molar-refractivity contribution in [3.05, 3.63) is 35.1 Å². The topological polar surface area (TPSA) is 52.3 Å². The maximum atomic E-state index is 13.2. The molecule has 0 fully saturated rings. The lowest BCUT2D eigenvalue weighted by Crippen LogP contribution is -2.27. The molecule has 0 radical (unpaired) electrons. The first-order chi connectivity index (χ1) is 7.93. The molecule has 0 aliphatic heterocycles. The number of esters is 1. The van der Waals surface area contributed by atoms with Gasteiger partial charge in [0.25, 0.3) is 0 Å². The fraction of sp³-hybridized carbons (Fsp3) is 0.364. The maximum absolute atomic E-state index is 13.2. The molecule has 0 amide bonds. The zero-order valence-electron chi connectivity index (χ0n) is 9.17. The summed E-state index contributed by atoms with van der Waals surface area (Å²) < 4.78 is 43.1. The van der Waals surface area contributed by atoms with E-state index in [2.05, 4.69) is 4.74 Å². The Hall–Kier alpha value is -1.56. The van der Waals surface area contributed by atoms with Gasteiger partial charge in [0.15, 0.2) is 11.6 Å². The van der Waals surface area contributed by atoms with E-state index in [0.29, 0.717) is 6.07 Å². The van der Waals surface area contributed by atoms with Crippen LogP contribution in [-0.4, -0.2) is 19.1 Å². The molecule has 1 aromatic rings. The number of hydrogen-bond acceptors (Lipinski definition) is 3. The summed E-state index contributed by atoms with van der Waals surface area (Å²) in [6, 6.07) is 0.485. The Labute approximate surface area is 96.4 Å². The van der Waals surface area contributed by atoms with Crippen LogP contribution in [0.1, 0.15) is 12.0 Å². The molecular formula is C11H12F3NO2. The molecule has 1 rings (SSSR count). The number of methoxy groups -OCH3 is 1. The average molecular weight is 247 g/mol. The summed E-state index contributed by atoms with van der Waals surface area (Å²) in [5.41, 5.74) is 5.49. The Balaban J connectivity index is 2.74. The van der Waals surface area contributed by atoms with E-state index in [1.165, 1.54) is 7.11 Å². The van der Waals surface area contributed by atoms with E-state index in [1.54, 1.807) is 0 Å². The zero-order valence-corrected chi connectivity index (χ0v) is 9.17. The summed E-state index contributed by atoms with van der Waals surface area (Å²) in [6.07, 6.45) is -0.187. The normalized spacial score (nSPS) is 12.3. The smallest absolute Gasteiger partial charge is 0.307 e. The summed E-state index contributed by atoms with van der Waals surface area (Å²) in [5.74, 6) is -3.83. The third kappa shape index (κ3) is 3.74. The molecule has 0 aromatic heterocycles. The highest BCUT2D eigenvalue weighted by Gasteiger charge is 2.15. The van der Waals surface area contributed by atoms with Crippen LogP contribution in [0.2, 0.25) is 0 Å². The lowest BCUT2D eigenvalue weighted by molar-refractivity contribution is -0.140. The van der Waals surface area contributed by atoms with Gasteiger partial charge in [0.2, 0.25) is 0 Å². The van der Waals surface area contributed by atoms with Gasteiger partial charge >= 0.3 is 5.97 Å². The molecule has 3 nitrogen and oxygen atoms in total. The molecule has 0 aliphatic rings. The quantitative estimate of drug-likeness (QED) is 0.648. The predicted molar refractivity (Wildman–Crippen MR) is 54.6 cm³/mol. The molecule has 2 N–H and O–H groups in total. The van der Waals surface area contributed by atoms with E-state index in [4.69, 9.17) is 5.73 Å². The SMILES string of the molecule is COC(=O)CC(N)Cc1cc(F)c(F)cc1F. The number of nitrogens with two attached hydrogens (primary N) is 1. The average Bonchev–Trinajstić information content (AvgIpc) is 2.25. The summed E-state index contributed by atoms with van der Waals surface area (Å²) in [7, 11) is 1.20. The van der Waals surface area contributed by atoms with Crippen LogP contribution < -0.4 is 5.73 Å². The van der Waals surface area contributed by atoms with Gasteiger partial charge in [0.05, 0.1) is 13.5 Å². The molecule has 1 atom stereocenters. The van der Waals surface area contributed by atoms with E-state index in [1.807, 2.05) is 0 Å². The van der Waals surface area contributed by atoms with Gasteiger partial charge in [-0.2, -0.15) is 0 Å². The highest BCUT2D eigenvalue weighted by Crippen LogP contribution is 2.15. The predicted octanol–water partition coefficient (Wildman–Crippen LogP) is 1.54. The standard InChI is InChI=1S/C11H12F3NO2/c1-17-11(16)4-7(15)2-6-3-9(13)10(14)5-8(6)12/h3,5,7H,2,4,15H2,1H3. The van der Waals surface area contributed by atoms with E-state index >= 15 is 0 Å². The van der Waals surface area contributed by atoms with Crippen LogP contribution in [0.4, 0.5) is 13.2 Å². The van der Waals surface area contributed by atoms with Gasteiger partial charge in [-0.05, 0) is 18.1 Å². The highest BCUT2D eigenvalue weighted by molar-refractivity contribution is 5.69. The van der Waals surface area contributed by atoms with E-state index in [0.717, 1.165) is 6.07 Å². The van der Waals surface area contributed by atoms with E-state index in [9.17, 15) is 18.0 Å². The van der Waals surface area contributed by atoms with Crippen LogP contribution in [0, 0.1) is 17.5 Å². The van der Waals surface area contributed by atoms with Crippen LogP contribution in [0.15, 0.2) is 12.1 Å². The summed E-state index contributed by atoms with van der Waals surface area (Å²) in [5, 5.41) is 0. The van der Waals surface area contributed by atoms with Crippen LogP contribution in [0.5, 0.6) is 0 Å². The van der Waals surface area contributed by atoms with Gasteiger partial charge in [-0.3, -0.25) is 4.79 Å². The number of carbonyl (C=O) groups excluding carboxylic acids is 1. The molecule has 0 saturated heterocycles. The van der Waals surface area contributed by atoms with Gasteiger partial charge in [0.1, 0.15) is 5.82 Å². The second-order valence-electron chi connectivity index (χ2n) is 3.60. The monoisotopic (exact) mass is 247 g/mol. The Kier molecular flexibility index (Phi) is 4.51. The summed E-state index contributed by atoms with van der Waals surface area (Å²) in [6.45, 7) is 0. The minimum absolute atomic E-state index is 0.0692. The number of rotatable bonds is 4. The van der Waals surface area contributed by atoms with Crippen molar-refractivity contribution in [1.29, 1.82) is 0 Å².